The lowest BCUT2D eigenvalue weighted by Crippen LogP contribution is -2.02. The molecule has 3 N–H and O–H groups in total. The lowest BCUT2D eigenvalue weighted by molar-refractivity contribution is 1.13. The average molecular weight is 206 g/mol. The van der Waals surface area contributed by atoms with Gasteiger partial charge in [0.25, 0.3) is 0 Å². The van der Waals surface area contributed by atoms with Crippen molar-refractivity contribution in [3.8, 4) is 0 Å². The normalized spacial score (nSPS) is 10.0. The lowest BCUT2D eigenvalue weighted by atomic mass is 10.2. The van der Waals surface area contributed by atoms with Gasteiger partial charge < -0.3 is 11.1 Å². The molecule has 2 aromatic rings. The fraction of sp³-hybridized carbons (Fsp3) is 0.111. The van der Waals surface area contributed by atoms with Gasteiger partial charge in [-0.2, -0.15) is 4.37 Å². The molecule has 4 nitrogen and oxygen atoms in total. The number of nitrogens with two attached hydrogens (primary N) is 1. The van der Waals surface area contributed by atoms with E-state index >= 15 is 0 Å². The standard InChI is InChI=1S/C9H10N4S/c10-8-4-2-1-3-7(8)5-11-9-12-6-13-14-9/h1-4,6H,5,10H2,(H,11,12,13). The number of para-hydroxylation sites is 1. The number of aromatic nitrogens is 2. The minimum absolute atomic E-state index is 0.682. The molecule has 0 unspecified atom stereocenters. The van der Waals surface area contributed by atoms with Crippen LogP contribution in [-0.2, 0) is 6.54 Å². The van der Waals surface area contributed by atoms with Crippen LogP contribution in [0.15, 0.2) is 30.6 Å². The van der Waals surface area contributed by atoms with E-state index in [4.69, 9.17) is 5.73 Å². The van der Waals surface area contributed by atoms with Crippen LogP contribution in [0.1, 0.15) is 5.56 Å². The molecular weight excluding hydrogens is 196 g/mol. The molecule has 0 spiro atoms. The highest BCUT2D eigenvalue weighted by Gasteiger charge is 1.98. The summed E-state index contributed by atoms with van der Waals surface area (Å²) >= 11 is 1.33. The van der Waals surface area contributed by atoms with Gasteiger partial charge in [0.15, 0.2) is 0 Å². The third kappa shape index (κ3) is 2.00. The Morgan fingerprint density at radius 1 is 1.36 bits per heavy atom. The van der Waals surface area contributed by atoms with Crippen molar-refractivity contribution < 1.29 is 0 Å². The summed E-state index contributed by atoms with van der Waals surface area (Å²) in [4.78, 5) is 4.02. The van der Waals surface area contributed by atoms with Crippen LogP contribution in [0.25, 0.3) is 0 Å². The van der Waals surface area contributed by atoms with Gasteiger partial charge in [0.2, 0.25) is 5.13 Å². The number of hydrogen-bond acceptors (Lipinski definition) is 5. The molecule has 0 radical (unpaired) electrons. The SMILES string of the molecule is Nc1ccccc1CNc1ncns1. The first kappa shape index (κ1) is 8.96. The molecule has 1 aromatic carbocycles. The third-order valence-electron chi connectivity index (χ3n) is 1.85. The molecule has 0 aliphatic rings. The van der Waals surface area contributed by atoms with Crippen molar-refractivity contribution in [1.82, 2.24) is 9.36 Å². The van der Waals surface area contributed by atoms with Crippen LogP contribution in [0.4, 0.5) is 10.8 Å². The Labute approximate surface area is 86.0 Å². The van der Waals surface area contributed by atoms with Crippen LogP contribution in [0.3, 0.4) is 0 Å². The first-order chi connectivity index (χ1) is 6.86. The van der Waals surface area contributed by atoms with E-state index in [1.807, 2.05) is 24.3 Å². The monoisotopic (exact) mass is 206 g/mol. The van der Waals surface area contributed by atoms with Crippen molar-refractivity contribution in [2.45, 2.75) is 6.54 Å². The molecule has 0 saturated carbocycles. The van der Waals surface area contributed by atoms with E-state index in [-0.39, 0.29) is 0 Å². The Hall–Kier alpha value is -1.62. The van der Waals surface area contributed by atoms with E-state index in [0.29, 0.717) is 6.54 Å². The highest BCUT2D eigenvalue weighted by molar-refractivity contribution is 7.09. The van der Waals surface area contributed by atoms with E-state index in [2.05, 4.69) is 14.7 Å². The van der Waals surface area contributed by atoms with Gasteiger partial charge in [0.1, 0.15) is 6.33 Å². The molecule has 0 atom stereocenters. The van der Waals surface area contributed by atoms with Gasteiger partial charge in [-0.25, -0.2) is 4.98 Å². The second kappa shape index (κ2) is 4.06. The molecule has 0 aliphatic heterocycles. The van der Waals surface area contributed by atoms with Gasteiger partial charge in [-0.15, -0.1) is 0 Å². The molecule has 2 rings (SSSR count). The number of benzene rings is 1. The zero-order valence-corrected chi connectivity index (χ0v) is 8.29. The predicted molar refractivity (Wildman–Crippen MR) is 58.1 cm³/mol. The molecule has 1 aromatic heterocycles. The number of nitrogen functional groups attached to an aromatic ring is 1. The molecule has 14 heavy (non-hydrogen) atoms. The Morgan fingerprint density at radius 2 is 2.21 bits per heavy atom. The minimum Gasteiger partial charge on any atom is -0.398 e. The van der Waals surface area contributed by atoms with Crippen molar-refractivity contribution in [2.24, 2.45) is 0 Å². The highest BCUT2D eigenvalue weighted by Crippen LogP contribution is 2.13. The molecule has 0 amide bonds. The topological polar surface area (TPSA) is 63.8 Å². The molecule has 0 aliphatic carbocycles. The third-order valence-corrected chi connectivity index (χ3v) is 2.47. The van der Waals surface area contributed by atoms with Gasteiger partial charge in [-0.3, -0.25) is 0 Å². The summed E-state index contributed by atoms with van der Waals surface area (Å²) in [5.74, 6) is 0. The summed E-state index contributed by atoms with van der Waals surface area (Å²) in [6.07, 6.45) is 1.53. The van der Waals surface area contributed by atoms with Crippen molar-refractivity contribution in [3.05, 3.63) is 36.2 Å². The van der Waals surface area contributed by atoms with Gasteiger partial charge in [-0.1, -0.05) is 18.2 Å². The Morgan fingerprint density at radius 3 is 2.93 bits per heavy atom. The van der Waals surface area contributed by atoms with Gasteiger partial charge in [0, 0.05) is 23.8 Å². The fourth-order valence-electron chi connectivity index (χ4n) is 1.12. The van der Waals surface area contributed by atoms with E-state index in [0.717, 1.165) is 16.4 Å². The first-order valence-electron chi connectivity index (χ1n) is 4.20. The first-order valence-corrected chi connectivity index (χ1v) is 4.97. The van der Waals surface area contributed by atoms with E-state index in [1.165, 1.54) is 17.9 Å². The molecule has 1 heterocycles. The Kier molecular flexibility index (Phi) is 2.60. The largest absolute Gasteiger partial charge is 0.398 e. The maximum Gasteiger partial charge on any atom is 0.202 e. The van der Waals surface area contributed by atoms with Crippen molar-refractivity contribution in [2.75, 3.05) is 11.1 Å². The van der Waals surface area contributed by atoms with Crippen molar-refractivity contribution in [3.63, 3.8) is 0 Å². The van der Waals surface area contributed by atoms with E-state index in [9.17, 15) is 0 Å². The zero-order valence-electron chi connectivity index (χ0n) is 7.47. The highest BCUT2D eigenvalue weighted by atomic mass is 32.1. The number of anilines is 2. The molecule has 0 bridgehead atoms. The van der Waals surface area contributed by atoms with Crippen LogP contribution < -0.4 is 11.1 Å². The summed E-state index contributed by atoms with van der Waals surface area (Å²) in [7, 11) is 0. The molecule has 0 fully saturated rings. The molecule has 0 saturated heterocycles. The maximum absolute atomic E-state index is 5.79. The number of hydrogen-bond donors (Lipinski definition) is 2. The van der Waals surface area contributed by atoms with Crippen LogP contribution in [0, 0.1) is 0 Å². The molecular formula is C9H10N4S. The minimum atomic E-state index is 0.682. The summed E-state index contributed by atoms with van der Waals surface area (Å²) in [5.41, 5.74) is 7.66. The quantitative estimate of drug-likeness (QED) is 0.751. The smallest absolute Gasteiger partial charge is 0.202 e. The van der Waals surface area contributed by atoms with Crippen LogP contribution >= 0.6 is 11.5 Å². The van der Waals surface area contributed by atoms with E-state index in [1.54, 1.807) is 0 Å². The summed E-state index contributed by atoms with van der Waals surface area (Å²) < 4.78 is 3.89. The summed E-state index contributed by atoms with van der Waals surface area (Å²) in [6.45, 7) is 0.682. The van der Waals surface area contributed by atoms with Crippen molar-refractivity contribution in [1.29, 1.82) is 0 Å². The van der Waals surface area contributed by atoms with Crippen molar-refractivity contribution >= 4 is 22.4 Å². The predicted octanol–water partition coefficient (Wildman–Crippen LogP) is 1.73. The summed E-state index contributed by atoms with van der Waals surface area (Å²) in [6, 6.07) is 7.76. The summed E-state index contributed by atoms with van der Waals surface area (Å²) in [5, 5.41) is 3.96. The zero-order chi connectivity index (χ0) is 9.80. The number of nitrogens with one attached hydrogen (secondary N) is 1. The van der Waals surface area contributed by atoms with Crippen LogP contribution in [0.2, 0.25) is 0 Å². The average Bonchev–Trinajstić information content (AvgIpc) is 2.69. The number of nitrogens with zero attached hydrogens (tertiary/aromatic N) is 2. The van der Waals surface area contributed by atoms with Gasteiger partial charge in [0.05, 0.1) is 0 Å². The lowest BCUT2D eigenvalue weighted by Gasteiger charge is -2.04. The molecule has 72 valence electrons. The van der Waals surface area contributed by atoms with Crippen LogP contribution in [-0.4, -0.2) is 9.36 Å². The Balaban J connectivity index is 2.02. The maximum atomic E-state index is 5.79. The second-order valence-electron chi connectivity index (χ2n) is 2.80. The van der Waals surface area contributed by atoms with Gasteiger partial charge >= 0.3 is 0 Å². The Bertz CT molecular complexity index is 399. The second-order valence-corrected chi connectivity index (χ2v) is 3.58. The van der Waals surface area contributed by atoms with Crippen LogP contribution in [0.5, 0.6) is 0 Å². The van der Waals surface area contributed by atoms with Gasteiger partial charge in [-0.05, 0) is 11.6 Å². The fourth-order valence-corrected chi connectivity index (χ4v) is 1.54. The number of rotatable bonds is 3. The van der Waals surface area contributed by atoms with E-state index < -0.39 is 0 Å². The molecule has 5 heteroatoms.